The molecule has 1 fully saturated rings. The highest BCUT2D eigenvalue weighted by Crippen LogP contribution is 2.27. The number of carbonyl (C=O) groups is 3. The minimum Gasteiger partial charge on any atom is -0.494 e. The van der Waals surface area contributed by atoms with Crippen molar-refractivity contribution in [2.75, 3.05) is 52.9 Å². The summed E-state index contributed by atoms with van der Waals surface area (Å²) in [5, 5.41) is 0. The molecular weight excluding hydrogens is 749 g/mol. The van der Waals surface area contributed by atoms with Gasteiger partial charge in [0.05, 0.1) is 57.4 Å². The summed E-state index contributed by atoms with van der Waals surface area (Å²) < 4.78 is 38.7. The number of hydrogen-bond donors (Lipinski definition) is 0. The molecule has 4 aromatic carbocycles. The smallest absolute Gasteiger partial charge is 0.347 e. The topological polar surface area (TPSA) is 116 Å². The maximum atomic E-state index is 12.7. The molecule has 0 amide bonds. The number of carbonyl (C=O) groups excluding carboxylic acids is 3. The molecular formula is C49H60O10. The molecule has 0 spiro atoms. The molecule has 1 aliphatic heterocycles. The third-order valence-electron chi connectivity index (χ3n) is 10.3. The van der Waals surface area contributed by atoms with Crippen LogP contribution in [0.1, 0.15) is 93.4 Å². The quantitative estimate of drug-likeness (QED) is 0.0364. The van der Waals surface area contributed by atoms with Crippen molar-refractivity contribution in [1.29, 1.82) is 0 Å². The SMILES string of the molecule is CCOC(=O)[C@@H](C)Oc1ccc(-c2ccc(C(=O)OCC[C@H](C)CCCOC(=O)c3ccc(-c4ccc(OCCCCCCOCC5(C)COC5)cc4)cc3)cc2)cc1. The number of benzene rings is 4. The van der Waals surface area contributed by atoms with Crippen LogP contribution in [0.25, 0.3) is 22.3 Å². The Morgan fingerprint density at radius 2 is 1.10 bits per heavy atom. The molecule has 0 saturated carbocycles. The van der Waals surface area contributed by atoms with Crippen LogP contribution in [-0.2, 0) is 28.5 Å². The second-order valence-corrected chi connectivity index (χ2v) is 15.6. The highest BCUT2D eigenvalue weighted by Gasteiger charge is 2.33. The van der Waals surface area contributed by atoms with Crippen molar-refractivity contribution in [2.24, 2.45) is 11.3 Å². The molecule has 1 aliphatic rings. The van der Waals surface area contributed by atoms with Crippen LogP contribution in [-0.4, -0.2) is 76.9 Å². The first-order chi connectivity index (χ1) is 28.6. The summed E-state index contributed by atoms with van der Waals surface area (Å²) in [6, 6.07) is 30.1. The van der Waals surface area contributed by atoms with Crippen molar-refractivity contribution in [3.05, 3.63) is 108 Å². The lowest BCUT2D eigenvalue weighted by Crippen LogP contribution is -2.43. The third kappa shape index (κ3) is 14.9. The Balaban J connectivity index is 0.906. The standard InChI is InChI=1S/C49H60O10/c1-5-55-46(50)37(3)59-45-26-22-41(23-27-45)39-14-18-43(19-15-39)48(52)58-32-28-36(2)11-10-31-57-47(51)42-16-12-38(13-17-42)40-20-24-44(25-21-40)56-30-9-7-6-8-29-53-33-49(4)34-54-35-49/h12-27,36-37H,5-11,28-35H2,1-4H3/t36-,37-/m1/s1. The molecule has 5 rings (SSSR count). The lowest BCUT2D eigenvalue weighted by atomic mass is 9.90. The number of unbranched alkanes of at least 4 members (excludes halogenated alkanes) is 3. The summed E-state index contributed by atoms with van der Waals surface area (Å²) >= 11 is 0. The molecule has 0 unspecified atom stereocenters. The van der Waals surface area contributed by atoms with Crippen LogP contribution in [0.2, 0.25) is 0 Å². The maximum absolute atomic E-state index is 12.7. The Hall–Kier alpha value is -5.19. The third-order valence-corrected chi connectivity index (χ3v) is 10.3. The van der Waals surface area contributed by atoms with Crippen molar-refractivity contribution < 1.29 is 47.5 Å². The van der Waals surface area contributed by atoms with Gasteiger partial charge in [-0.15, -0.1) is 0 Å². The van der Waals surface area contributed by atoms with E-state index in [0.717, 1.165) is 93.0 Å². The molecule has 0 aromatic heterocycles. The molecule has 0 aliphatic carbocycles. The number of hydrogen-bond acceptors (Lipinski definition) is 10. The zero-order valence-electron chi connectivity index (χ0n) is 35.1. The van der Waals surface area contributed by atoms with Crippen molar-refractivity contribution in [1.82, 2.24) is 0 Å². The van der Waals surface area contributed by atoms with Gasteiger partial charge in [-0.05, 0) is 129 Å². The van der Waals surface area contributed by atoms with E-state index in [1.54, 1.807) is 50.2 Å². The van der Waals surface area contributed by atoms with Gasteiger partial charge in [0.25, 0.3) is 0 Å². The monoisotopic (exact) mass is 808 g/mol. The van der Waals surface area contributed by atoms with Gasteiger partial charge in [0.2, 0.25) is 0 Å². The van der Waals surface area contributed by atoms with Gasteiger partial charge in [-0.3, -0.25) is 0 Å². The van der Waals surface area contributed by atoms with Crippen molar-refractivity contribution in [3.8, 4) is 33.8 Å². The summed E-state index contributed by atoms with van der Waals surface area (Å²) in [5.41, 5.74) is 5.15. The van der Waals surface area contributed by atoms with E-state index in [9.17, 15) is 14.4 Å². The zero-order valence-corrected chi connectivity index (χ0v) is 35.1. The molecule has 0 radical (unpaired) electrons. The van der Waals surface area contributed by atoms with Gasteiger partial charge < -0.3 is 33.2 Å². The summed E-state index contributed by atoms with van der Waals surface area (Å²) in [6.07, 6.45) is 5.91. The Morgan fingerprint density at radius 3 is 1.63 bits per heavy atom. The van der Waals surface area contributed by atoms with Gasteiger partial charge in [0.1, 0.15) is 11.5 Å². The van der Waals surface area contributed by atoms with E-state index in [0.29, 0.717) is 55.6 Å². The lowest BCUT2D eigenvalue weighted by molar-refractivity contribution is -0.150. The van der Waals surface area contributed by atoms with Gasteiger partial charge >= 0.3 is 17.9 Å². The predicted octanol–water partition coefficient (Wildman–Crippen LogP) is 10.2. The molecule has 59 heavy (non-hydrogen) atoms. The van der Waals surface area contributed by atoms with Gasteiger partial charge in [0, 0.05) is 12.0 Å². The molecule has 1 heterocycles. The fourth-order valence-corrected chi connectivity index (χ4v) is 6.54. The van der Waals surface area contributed by atoms with E-state index in [2.05, 4.69) is 13.8 Å². The van der Waals surface area contributed by atoms with E-state index in [1.165, 1.54) is 0 Å². The van der Waals surface area contributed by atoms with Crippen molar-refractivity contribution in [3.63, 3.8) is 0 Å². The van der Waals surface area contributed by atoms with E-state index in [-0.39, 0.29) is 17.4 Å². The summed E-state index contributed by atoms with van der Waals surface area (Å²) in [6.45, 7) is 12.5. The van der Waals surface area contributed by atoms with Crippen molar-refractivity contribution >= 4 is 17.9 Å². The second-order valence-electron chi connectivity index (χ2n) is 15.6. The van der Waals surface area contributed by atoms with Crippen molar-refractivity contribution in [2.45, 2.75) is 78.7 Å². The normalized spacial score (nSPS) is 14.0. The fourth-order valence-electron chi connectivity index (χ4n) is 6.54. The fraction of sp³-hybridized carbons (Fsp3) is 0.449. The van der Waals surface area contributed by atoms with E-state index >= 15 is 0 Å². The number of rotatable bonds is 25. The molecule has 0 bridgehead atoms. The maximum Gasteiger partial charge on any atom is 0.347 e. The van der Waals surface area contributed by atoms with Gasteiger partial charge in [-0.1, -0.05) is 68.8 Å². The van der Waals surface area contributed by atoms with Gasteiger partial charge in [-0.2, -0.15) is 0 Å². The first-order valence-corrected chi connectivity index (χ1v) is 21.0. The average molecular weight is 809 g/mol. The summed E-state index contributed by atoms with van der Waals surface area (Å²) in [7, 11) is 0. The average Bonchev–Trinajstić information content (AvgIpc) is 3.24. The Bertz CT molecular complexity index is 1870. The van der Waals surface area contributed by atoms with E-state index in [1.807, 2.05) is 60.7 Å². The zero-order chi connectivity index (χ0) is 41.9. The van der Waals surface area contributed by atoms with Crippen LogP contribution in [0, 0.1) is 11.3 Å². The Morgan fingerprint density at radius 1 is 0.593 bits per heavy atom. The van der Waals surface area contributed by atoms with Crippen LogP contribution in [0.5, 0.6) is 11.5 Å². The van der Waals surface area contributed by atoms with Crippen LogP contribution < -0.4 is 9.47 Å². The molecule has 0 N–H and O–H groups in total. The molecule has 1 saturated heterocycles. The van der Waals surface area contributed by atoms with E-state index < -0.39 is 12.1 Å². The lowest BCUT2D eigenvalue weighted by Gasteiger charge is -2.37. The highest BCUT2D eigenvalue weighted by atomic mass is 16.6. The minimum absolute atomic E-state index is 0.218. The number of ether oxygens (including phenoxy) is 7. The van der Waals surface area contributed by atoms with E-state index in [4.69, 9.17) is 33.2 Å². The summed E-state index contributed by atoms with van der Waals surface area (Å²) in [4.78, 5) is 37.2. The first-order valence-electron chi connectivity index (χ1n) is 21.0. The molecule has 4 aromatic rings. The molecule has 316 valence electrons. The minimum atomic E-state index is -0.698. The van der Waals surface area contributed by atoms with Crippen LogP contribution in [0.15, 0.2) is 97.1 Å². The number of esters is 3. The van der Waals surface area contributed by atoms with Gasteiger partial charge in [-0.25, -0.2) is 14.4 Å². The largest absolute Gasteiger partial charge is 0.494 e. The Kier molecular flexibility index (Phi) is 17.8. The second kappa shape index (κ2) is 23.4. The highest BCUT2D eigenvalue weighted by molar-refractivity contribution is 5.90. The molecule has 2 atom stereocenters. The predicted molar refractivity (Wildman–Crippen MR) is 228 cm³/mol. The Labute approximate surface area is 349 Å². The molecule has 10 nitrogen and oxygen atoms in total. The first kappa shape index (κ1) is 44.9. The van der Waals surface area contributed by atoms with Crippen LogP contribution in [0.3, 0.4) is 0 Å². The van der Waals surface area contributed by atoms with Crippen LogP contribution >= 0.6 is 0 Å². The van der Waals surface area contributed by atoms with Crippen LogP contribution in [0.4, 0.5) is 0 Å². The molecule has 10 heteroatoms. The van der Waals surface area contributed by atoms with Gasteiger partial charge in [0.15, 0.2) is 6.10 Å². The summed E-state index contributed by atoms with van der Waals surface area (Å²) in [5.74, 6) is 0.593.